The molecule has 14 heavy (non-hydrogen) atoms. The minimum atomic E-state index is -0.468. The molecule has 0 saturated carbocycles. The highest BCUT2D eigenvalue weighted by atomic mass is 16.4. The van der Waals surface area contributed by atoms with Gasteiger partial charge in [-0.3, -0.25) is 0 Å². The van der Waals surface area contributed by atoms with Crippen LogP contribution in [0.5, 0.6) is 0 Å². The molecule has 1 heterocycles. The third-order valence-electron chi connectivity index (χ3n) is 2.03. The molecule has 0 fully saturated rings. The normalized spacial score (nSPS) is 13.4. The molecule has 0 atom stereocenters. The van der Waals surface area contributed by atoms with Crippen LogP contribution in [-0.4, -0.2) is 4.98 Å². The Morgan fingerprint density at radius 1 is 1.14 bits per heavy atom. The Morgan fingerprint density at radius 2 is 1.64 bits per heavy atom. The van der Waals surface area contributed by atoms with Crippen molar-refractivity contribution in [3.8, 4) is 0 Å². The van der Waals surface area contributed by atoms with Crippen LogP contribution in [0.3, 0.4) is 0 Å². The number of nitrogens with two attached hydrogens (primary N) is 1. The number of hydrogen-bond donors (Lipinski definition) is 1. The van der Waals surface area contributed by atoms with E-state index in [2.05, 4.69) is 25.8 Å². The second-order valence-electron chi connectivity index (χ2n) is 5.38. The zero-order valence-corrected chi connectivity index (χ0v) is 9.93. The van der Waals surface area contributed by atoms with Gasteiger partial charge in [0, 0.05) is 12.3 Å². The van der Waals surface area contributed by atoms with Gasteiger partial charge in [-0.05, 0) is 13.8 Å². The van der Waals surface area contributed by atoms with Gasteiger partial charge in [-0.25, -0.2) is 4.98 Å². The molecule has 0 amide bonds. The first-order valence-corrected chi connectivity index (χ1v) is 4.89. The quantitative estimate of drug-likeness (QED) is 0.750. The number of nitrogens with zero attached hydrogens (tertiary/aromatic N) is 1. The van der Waals surface area contributed by atoms with Crippen molar-refractivity contribution >= 4 is 0 Å². The van der Waals surface area contributed by atoms with Crippen LogP contribution in [0, 0.1) is 6.92 Å². The number of hydrogen-bond acceptors (Lipinski definition) is 3. The molecule has 0 aliphatic carbocycles. The molecule has 0 aliphatic heterocycles. The van der Waals surface area contributed by atoms with Crippen molar-refractivity contribution in [1.29, 1.82) is 0 Å². The summed E-state index contributed by atoms with van der Waals surface area (Å²) in [5.74, 6) is 1.48. The van der Waals surface area contributed by atoms with Crippen LogP contribution in [0.15, 0.2) is 4.42 Å². The molecule has 0 spiro atoms. The first kappa shape index (κ1) is 11.2. The van der Waals surface area contributed by atoms with Gasteiger partial charge in [0.2, 0.25) is 0 Å². The Labute approximate surface area is 85.7 Å². The van der Waals surface area contributed by atoms with E-state index in [4.69, 9.17) is 10.2 Å². The van der Waals surface area contributed by atoms with Crippen LogP contribution in [0.1, 0.15) is 52.0 Å². The lowest BCUT2D eigenvalue weighted by molar-refractivity contribution is 0.368. The monoisotopic (exact) mass is 196 g/mol. The van der Waals surface area contributed by atoms with Crippen LogP contribution in [-0.2, 0) is 11.0 Å². The zero-order chi connectivity index (χ0) is 11.1. The molecule has 2 N–H and O–H groups in total. The Bertz CT molecular complexity index is 295. The standard InChI is InChI=1S/C11H20N2O/c1-7-13-8(10(2,3)4)9(14-7)11(5,6)12/h12H2,1-6H3. The van der Waals surface area contributed by atoms with Gasteiger partial charge in [-0.1, -0.05) is 20.8 Å². The minimum Gasteiger partial charge on any atom is -0.444 e. The van der Waals surface area contributed by atoms with Crippen LogP contribution < -0.4 is 5.73 Å². The first-order valence-electron chi connectivity index (χ1n) is 4.89. The predicted octanol–water partition coefficient (Wildman–Crippen LogP) is 2.47. The van der Waals surface area contributed by atoms with Crippen molar-refractivity contribution in [2.75, 3.05) is 0 Å². The SMILES string of the molecule is Cc1nc(C(C)(C)C)c(C(C)(C)N)o1. The summed E-state index contributed by atoms with van der Waals surface area (Å²) in [6.07, 6.45) is 0. The summed E-state index contributed by atoms with van der Waals surface area (Å²) in [6.45, 7) is 12.0. The van der Waals surface area contributed by atoms with Crippen molar-refractivity contribution in [3.05, 3.63) is 17.3 Å². The van der Waals surface area contributed by atoms with Crippen LogP contribution >= 0.6 is 0 Å². The molecule has 0 radical (unpaired) electrons. The molecule has 1 aromatic rings. The van der Waals surface area contributed by atoms with E-state index in [1.165, 1.54) is 0 Å². The van der Waals surface area contributed by atoms with E-state index in [9.17, 15) is 0 Å². The van der Waals surface area contributed by atoms with Crippen molar-refractivity contribution in [3.63, 3.8) is 0 Å². The van der Waals surface area contributed by atoms with Gasteiger partial charge in [-0.2, -0.15) is 0 Å². The molecular formula is C11H20N2O. The minimum absolute atomic E-state index is 0.0241. The van der Waals surface area contributed by atoms with Crippen molar-refractivity contribution in [2.45, 2.75) is 52.5 Å². The highest BCUT2D eigenvalue weighted by molar-refractivity contribution is 5.24. The van der Waals surface area contributed by atoms with Gasteiger partial charge >= 0.3 is 0 Å². The van der Waals surface area contributed by atoms with Gasteiger partial charge in [0.25, 0.3) is 0 Å². The van der Waals surface area contributed by atoms with Gasteiger partial charge in [0.1, 0.15) is 5.76 Å². The summed E-state index contributed by atoms with van der Waals surface area (Å²) in [5.41, 5.74) is 6.50. The number of oxazole rings is 1. The molecular weight excluding hydrogens is 176 g/mol. The van der Waals surface area contributed by atoms with E-state index in [1.54, 1.807) is 0 Å². The van der Waals surface area contributed by atoms with Crippen LogP contribution in [0.4, 0.5) is 0 Å². The van der Waals surface area contributed by atoms with E-state index in [-0.39, 0.29) is 5.41 Å². The fourth-order valence-electron chi connectivity index (χ4n) is 1.37. The molecule has 0 bridgehead atoms. The maximum Gasteiger partial charge on any atom is 0.191 e. The summed E-state index contributed by atoms with van der Waals surface area (Å²) in [6, 6.07) is 0. The first-order chi connectivity index (χ1) is 6.12. The lowest BCUT2D eigenvalue weighted by Gasteiger charge is -2.22. The maximum absolute atomic E-state index is 6.03. The lowest BCUT2D eigenvalue weighted by Crippen LogP contribution is -2.31. The largest absolute Gasteiger partial charge is 0.444 e. The van der Waals surface area contributed by atoms with E-state index in [0.717, 1.165) is 11.5 Å². The summed E-state index contributed by atoms with van der Waals surface area (Å²) >= 11 is 0. The van der Waals surface area contributed by atoms with E-state index < -0.39 is 5.54 Å². The molecule has 0 unspecified atom stereocenters. The van der Waals surface area contributed by atoms with Crippen LogP contribution in [0.2, 0.25) is 0 Å². The second kappa shape index (κ2) is 3.09. The highest BCUT2D eigenvalue weighted by Gasteiger charge is 2.31. The molecule has 3 heteroatoms. The molecule has 1 rings (SSSR count). The summed E-state index contributed by atoms with van der Waals surface area (Å²) in [5, 5.41) is 0. The lowest BCUT2D eigenvalue weighted by atomic mass is 9.86. The third kappa shape index (κ3) is 2.15. The molecule has 3 nitrogen and oxygen atoms in total. The Balaban J connectivity index is 3.31. The fourth-order valence-corrected chi connectivity index (χ4v) is 1.37. The number of aromatic nitrogens is 1. The summed E-state index contributed by atoms with van der Waals surface area (Å²) in [4.78, 5) is 4.40. The van der Waals surface area contributed by atoms with Gasteiger partial charge < -0.3 is 10.2 Å². The molecule has 0 aromatic carbocycles. The van der Waals surface area contributed by atoms with E-state index >= 15 is 0 Å². The maximum atomic E-state index is 6.03. The molecule has 1 aromatic heterocycles. The van der Waals surface area contributed by atoms with Crippen molar-refractivity contribution in [2.24, 2.45) is 5.73 Å². The van der Waals surface area contributed by atoms with Crippen molar-refractivity contribution in [1.82, 2.24) is 4.98 Å². The number of aryl methyl sites for hydroxylation is 1. The number of rotatable bonds is 1. The second-order valence-corrected chi connectivity index (χ2v) is 5.38. The van der Waals surface area contributed by atoms with Gasteiger partial charge in [0.05, 0.1) is 11.2 Å². The van der Waals surface area contributed by atoms with Crippen LogP contribution in [0.25, 0.3) is 0 Å². The van der Waals surface area contributed by atoms with Crippen molar-refractivity contribution < 1.29 is 4.42 Å². The highest BCUT2D eigenvalue weighted by Crippen LogP contribution is 2.31. The average Bonchev–Trinajstić information content (AvgIpc) is 2.27. The topological polar surface area (TPSA) is 52.0 Å². The Morgan fingerprint density at radius 3 is 1.93 bits per heavy atom. The Hall–Kier alpha value is -0.830. The molecule has 0 saturated heterocycles. The average molecular weight is 196 g/mol. The smallest absolute Gasteiger partial charge is 0.191 e. The van der Waals surface area contributed by atoms with E-state index in [1.807, 2.05) is 20.8 Å². The predicted molar refractivity (Wildman–Crippen MR) is 57.2 cm³/mol. The third-order valence-corrected chi connectivity index (χ3v) is 2.03. The molecule has 80 valence electrons. The molecule has 0 aliphatic rings. The van der Waals surface area contributed by atoms with Gasteiger partial charge in [-0.15, -0.1) is 0 Å². The van der Waals surface area contributed by atoms with Gasteiger partial charge in [0.15, 0.2) is 5.89 Å². The Kier molecular flexibility index (Phi) is 2.48. The summed E-state index contributed by atoms with van der Waals surface area (Å²) in [7, 11) is 0. The van der Waals surface area contributed by atoms with E-state index in [0.29, 0.717) is 5.89 Å². The fraction of sp³-hybridized carbons (Fsp3) is 0.727. The zero-order valence-electron chi connectivity index (χ0n) is 9.93. The summed E-state index contributed by atoms with van der Waals surface area (Å²) < 4.78 is 5.57.